The number of hydrogen-bond donors (Lipinski definition) is 2. The quantitative estimate of drug-likeness (QED) is 0.508. The number of hydrogen-bond acceptors (Lipinski definition) is 8. The Labute approximate surface area is 91.5 Å². The van der Waals surface area contributed by atoms with Gasteiger partial charge in [0.1, 0.15) is 12.3 Å². The molecule has 2 atom stereocenters. The van der Waals surface area contributed by atoms with E-state index in [1.807, 2.05) is 0 Å². The smallest absolute Gasteiger partial charge is 0.199 e. The molecule has 1 aliphatic heterocycles. The largest absolute Gasteiger partial charge is 0.360 e. The van der Waals surface area contributed by atoms with Gasteiger partial charge in [0, 0.05) is 12.3 Å². The van der Waals surface area contributed by atoms with Crippen molar-refractivity contribution in [2.45, 2.75) is 12.3 Å². The zero-order chi connectivity index (χ0) is 11.5. The van der Waals surface area contributed by atoms with Gasteiger partial charge in [-0.05, 0) is 5.18 Å². The first-order valence-electron chi connectivity index (χ1n) is 4.75. The fourth-order valence-electron chi connectivity index (χ4n) is 1.50. The van der Waals surface area contributed by atoms with Gasteiger partial charge in [0.2, 0.25) is 0 Å². The van der Waals surface area contributed by atoms with Crippen LogP contribution in [0.1, 0.15) is 11.9 Å². The molecule has 86 valence electrons. The van der Waals surface area contributed by atoms with Gasteiger partial charge in [-0.25, -0.2) is 15.0 Å². The molecule has 0 radical (unpaired) electrons. The Morgan fingerprint density at radius 1 is 1.62 bits per heavy atom. The third-order valence-corrected chi connectivity index (χ3v) is 2.31. The molecule has 0 amide bonds. The number of morpholine rings is 1. The molecule has 16 heavy (non-hydrogen) atoms. The van der Waals surface area contributed by atoms with E-state index in [0.29, 0.717) is 19.0 Å². The van der Waals surface area contributed by atoms with E-state index >= 15 is 0 Å². The number of nitrogens with zero attached hydrogens (tertiary/aromatic N) is 4. The van der Waals surface area contributed by atoms with E-state index < -0.39 is 6.23 Å². The third kappa shape index (κ3) is 2.19. The van der Waals surface area contributed by atoms with Gasteiger partial charge in [0.05, 0.1) is 13.2 Å². The van der Waals surface area contributed by atoms with Crippen molar-refractivity contribution < 1.29 is 4.74 Å². The van der Waals surface area contributed by atoms with Gasteiger partial charge in [-0.3, -0.25) is 5.84 Å². The maximum atomic E-state index is 10.3. The molecule has 0 bridgehead atoms. The molecule has 0 spiro atoms. The van der Waals surface area contributed by atoms with Crippen molar-refractivity contribution in [1.82, 2.24) is 15.0 Å². The van der Waals surface area contributed by atoms with Crippen molar-refractivity contribution in [3.8, 4) is 0 Å². The number of aromatic nitrogens is 2. The lowest BCUT2D eigenvalue weighted by molar-refractivity contribution is -0.0648. The van der Waals surface area contributed by atoms with Crippen LogP contribution in [0.2, 0.25) is 0 Å². The highest BCUT2D eigenvalue weighted by Gasteiger charge is 2.28. The van der Waals surface area contributed by atoms with Crippen molar-refractivity contribution in [2.75, 3.05) is 13.2 Å². The van der Waals surface area contributed by atoms with E-state index in [0.717, 1.165) is 0 Å². The lowest BCUT2D eigenvalue weighted by atomic mass is 10.2. The highest BCUT2D eigenvalue weighted by molar-refractivity contribution is 5.24. The van der Waals surface area contributed by atoms with Crippen LogP contribution in [-0.2, 0) is 4.74 Å². The molecule has 2 heterocycles. The second-order valence-electron chi connectivity index (χ2n) is 3.45. The van der Waals surface area contributed by atoms with Crippen molar-refractivity contribution in [1.29, 1.82) is 0 Å². The second kappa shape index (κ2) is 4.58. The van der Waals surface area contributed by atoms with Gasteiger partial charge in [-0.1, -0.05) is 0 Å². The summed E-state index contributed by atoms with van der Waals surface area (Å²) in [5.74, 6) is 6.26. The van der Waals surface area contributed by atoms with Crippen molar-refractivity contribution in [2.24, 2.45) is 16.8 Å². The summed E-state index contributed by atoms with van der Waals surface area (Å²) in [6.45, 7) is 0.673. The molecule has 8 nitrogen and oxygen atoms in total. The molecule has 1 aliphatic rings. The zero-order valence-corrected chi connectivity index (χ0v) is 8.48. The summed E-state index contributed by atoms with van der Waals surface area (Å²) >= 11 is 0. The standard InChI is InChI=1S/C8H12N6O2/c9-6-3-14(10)5(4-16-6)8-11-2-1-7(12-8)13-15/h1-2,5-6H,3-4,9-10H2. The first-order chi connectivity index (χ1) is 7.70. The lowest BCUT2D eigenvalue weighted by Gasteiger charge is -2.33. The van der Waals surface area contributed by atoms with Crippen LogP contribution in [0.3, 0.4) is 0 Å². The summed E-state index contributed by atoms with van der Waals surface area (Å²) in [7, 11) is 0. The average molecular weight is 224 g/mol. The van der Waals surface area contributed by atoms with Gasteiger partial charge < -0.3 is 10.5 Å². The Kier molecular flexibility index (Phi) is 3.15. The molecule has 1 aromatic rings. The number of ether oxygens (including phenoxy) is 1. The van der Waals surface area contributed by atoms with Crippen molar-refractivity contribution >= 4 is 5.82 Å². The van der Waals surface area contributed by atoms with Crippen LogP contribution < -0.4 is 11.6 Å². The Balaban J connectivity index is 2.19. The van der Waals surface area contributed by atoms with Crippen LogP contribution in [0.25, 0.3) is 0 Å². The molecular formula is C8H12N6O2. The fraction of sp³-hybridized carbons (Fsp3) is 0.500. The number of rotatable bonds is 2. The van der Waals surface area contributed by atoms with E-state index in [2.05, 4.69) is 15.1 Å². The summed E-state index contributed by atoms with van der Waals surface area (Å²) in [4.78, 5) is 18.3. The molecule has 1 saturated heterocycles. The molecule has 2 rings (SSSR count). The third-order valence-electron chi connectivity index (χ3n) is 2.31. The van der Waals surface area contributed by atoms with Crippen molar-refractivity contribution in [3.05, 3.63) is 23.0 Å². The Morgan fingerprint density at radius 2 is 2.44 bits per heavy atom. The number of hydrazine groups is 1. The van der Waals surface area contributed by atoms with Crippen molar-refractivity contribution in [3.63, 3.8) is 0 Å². The molecule has 8 heteroatoms. The van der Waals surface area contributed by atoms with Crippen LogP contribution in [0, 0.1) is 4.91 Å². The Hall–Kier alpha value is -1.48. The Morgan fingerprint density at radius 3 is 3.12 bits per heavy atom. The van der Waals surface area contributed by atoms with Crippen LogP contribution in [0.5, 0.6) is 0 Å². The summed E-state index contributed by atoms with van der Waals surface area (Å²) < 4.78 is 5.26. The highest BCUT2D eigenvalue weighted by Crippen LogP contribution is 2.20. The van der Waals surface area contributed by atoms with Crippen LogP contribution in [0.4, 0.5) is 5.82 Å². The van der Waals surface area contributed by atoms with E-state index in [1.54, 1.807) is 0 Å². The van der Waals surface area contributed by atoms with Gasteiger partial charge in [-0.2, -0.15) is 0 Å². The summed E-state index contributed by atoms with van der Waals surface area (Å²) in [6, 6.07) is 1.12. The molecule has 0 aliphatic carbocycles. The van der Waals surface area contributed by atoms with Gasteiger partial charge in [0.25, 0.3) is 0 Å². The molecular weight excluding hydrogens is 212 g/mol. The van der Waals surface area contributed by atoms with Gasteiger partial charge in [-0.15, -0.1) is 4.91 Å². The maximum Gasteiger partial charge on any atom is 0.199 e. The summed E-state index contributed by atoms with van der Waals surface area (Å²) in [5, 5.41) is 4.24. The normalized spacial score (nSPS) is 26.6. The molecule has 2 unspecified atom stereocenters. The predicted molar refractivity (Wildman–Crippen MR) is 55.0 cm³/mol. The monoisotopic (exact) mass is 224 g/mol. The van der Waals surface area contributed by atoms with E-state index in [1.165, 1.54) is 17.3 Å². The first kappa shape index (κ1) is 11.0. The summed E-state index contributed by atoms with van der Waals surface area (Å²) in [5.41, 5.74) is 5.57. The SMILES string of the molecule is NC1CN(N)C(c2nccc(N=O)n2)CO1. The average Bonchev–Trinajstić information content (AvgIpc) is 2.29. The molecule has 0 saturated carbocycles. The van der Waals surface area contributed by atoms with E-state index in [-0.39, 0.29) is 11.9 Å². The lowest BCUT2D eigenvalue weighted by Crippen LogP contribution is -2.51. The predicted octanol–water partition coefficient (Wildman–Crippen LogP) is -0.594. The van der Waals surface area contributed by atoms with E-state index in [4.69, 9.17) is 16.3 Å². The van der Waals surface area contributed by atoms with Gasteiger partial charge in [0.15, 0.2) is 11.6 Å². The number of nitroso groups, excluding NO2 is 1. The molecule has 1 aromatic heterocycles. The Bertz CT molecular complexity index is 387. The minimum absolute atomic E-state index is 0.0771. The maximum absolute atomic E-state index is 10.3. The molecule has 0 aromatic carbocycles. The highest BCUT2D eigenvalue weighted by atomic mass is 16.5. The van der Waals surface area contributed by atoms with E-state index in [9.17, 15) is 4.91 Å². The van der Waals surface area contributed by atoms with Gasteiger partial charge >= 0.3 is 0 Å². The molecule has 4 N–H and O–H groups in total. The summed E-state index contributed by atoms with van der Waals surface area (Å²) in [6.07, 6.45) is 1.05. The minimum atomic E-state index is -0.409. The van der Waals surface area contributed by atoms with Crippen LogP contribution in [-0.4, -0.2) is 34.4 Å². The van der Waals surface area contributed by atoms with Crippen LogP contribution >= 0.6 is 0 Å². The van der Waals surface area contributed by atoms with Crippen LogP contribution in [0.15, 0.2) is 17.4 Å². The fourth-order valence-corrected chi connectivity index (χ4v) is 1.50. The first-order valence-corrected chi connectivity index (χ1v) is 4.75. The zero-order valence-electron chi connectivity index (χ0n) is 8.48. The minimum Gasteiger partial charge on any atom is -0.360 e. The number of nitrogens with two attached hydrogens (primary N) is 2. The second-order valence-corrected chi connectivity index (χ2v) is 3.45. The topological polar surface area (TPSA) is 120 Å². The molecule has 1 fully saturated rings.